The first-order valence-corrected chi connectivity index (χ1v) is 6.89. The predicted octanol–water partition coefficient (Wildman–Crippen LogP) is 1.63. The van der Waals surface area contributed by atoms with Gasteiger partial charge in [0.25, 0.3) is 5.91 Å². The molecule has 1 fully saturated rings. The van der Waals surface area contributed by atoms with Crippen molar-refractivity contribution in [3.8, 4) is 17.6 Å². The fourth-order valence-electron chi connectivity index (χ4n) is 2.20. The molecule has 1 amide bonds. The van der Waals surface area contributed by atoms with Crippen LogP contribution in [0.1, 0.15) is 35.7 Å². The maximum Gasteiger partial charge on any atom is 0.254 e. The number of amides is 1. The number of carbonyl (C=O) groups excluding carboxylic acids is 1. The Morgan fingerprint density at radius 3 is 2.80 bits per heavy atom. The van der Waals surface area contributed by atoms with Crippen LogP contribution < -0.4 is 10.5 Å². The van der Waals surface area contributed by atoms with Crippen LogP contribution in [-0.2, 0) is 0 Å². The molecule has 2 N–H and O–H groups in total. The first-order valence-electron chi connectivity index (χ1n) is 6.89. The third-order valence-corrected chi connectivity index (χ3v) is 3.36. The number of methoxy groups -OCH3 is 1. The average Bonchev–Trinajstić information content (AvgIpc) is 3.30. The maximum absolute atomic E-state index is 12.5. The lowest BCUT2D eigenvalue weighted by atomic mass is 10.1. The second-order valence-electron chi connectivity index (χ2n) is 4.74. The van der Waals surface area contributed by atoms with E-state index in [1.165, 1.54) is 0 Å². The molecule has 0 heterocycles. The fraction of sp³-hybridized carbons (Fsp3) is 0.438. The van der Waals surface area contributed by atoms with Crippen molar-refractivity contribution in [1.29, 1.82) is 0 Å². The van der Waals surface area contributed by atoms with Crippen LogP contribution in [0, 0.1) is 11.8 Å². The molecule has 0 saturated heterocycles. The first kappa shape index (κ1) is 14.4. The third kappa shape index (κ3) is 3.12. The van der Waals surface area contributed by atoms with Gasteiger partial charge in [-0.15, -0.1) is 0 Å². The van der Waals surface area contributed by atoms with Crippen molar-refractivity contribution in [3.05, 3.63) is 29.3 Å². The van der Waals surface area contributed by atoms with Crippen molar-refractivity contribution in [2.75, 3.05) is 20.2 Å². The van der Waals surface area contributed by atoms with Gasteiger partial charge < -0.3 is 15.4 Å². The molecule has 1 saturated carbocycles. The highest BCUT2D eigenvalue weighted by Crippen LogP contribution is 2.28. The van der Waals surface area contributed by atoms with Gasteiger partial charge in [0.1, 0.15) is 5.75 Å². The van der Waals surface area contributed by atoms with Crippen LogP contribution in [0.2, 0.25) is 0 Å². The highest BCUT2D eigenvalue weighted by atomic mass is 16.5. The topological polar surface area (TPSA) is 55.6 Å². The Hall–Kier alpha value is -1.99. The van der Waals surface area contributed by atoms with E-state index in [1.807, 2.05) is 11.8 Å². The van der Waals surface area contributed by atoms with Crippen LogP contribution >= 0.6 is 0 Å². The Morgan fingerprint density at radius 2 is 2.25 bits per heavy atom. The molecule has 0 aromatic heterocycles. The quantitative estimate of drug-likeness (QED) is 0.848. The van der Waals surface area contributed by atoms with Crippen LogP contribution in [0.5, 0.6) is 5.75 Å². The van der Waals surface area contributed by atoms with Crippen molar-refractivity contribution >= 4 is 5.91 Å². The van der Waals surface area contributed by atoms with Crippen LogP contribution in [0.4, 0.5) is 0 Å². The molecule has 0 spiro atoms. The van der Waals surface area contributed by atoms with Crippen molar-refractivity contribution in [2.24, 2.45) is 5.73 Å². The minimum absolute atomic E-state index is 0.0634. The summed E-state index contributed by atoms with van der Waals surface area (Å²) in [6, 6.07) is 5.77. The average molecular weight is 272 g/mol. The molecule has 0 unspecified atom stereocenters. The number of nitrogens with zero attached hydrogens (tertiary/aromatic N) is 1. The summed E-state index contributed by atoms with van der Waals surface area (Å²) in [5.41, 5.74) is 6.75. The van der Waals surface area contributed by atoms with E-state index in [9.17, 15) is 4.79 Å². The number of hydrogen-bond acceptors (Lipinski definition) is 3. The molecule has 4 heteroatoms. The van der Waals surface area contributed by atoms with Gasteiger partial charge in [-0.2, -0.15) is 0 Å². The van der Waals surface area contributed by atoms with Gasteiger partial charge in [-0.05, 0) is 38.0 Å². The zero-order valence-corrected chi connectivity index (χ0v) is 12.0. The molecule has 0 bridgehead atoms. The van der Waals surface area contributed by atoms with Crippen LogP contribution in [0.25, 0.3) is 0 Å². The van der Waals surface area contributed by atoms with E-state index in [0.29, 0.717) is 22.9 Å². The zero-order valence-electron chi connectivity index (χ0n) is 12.0. The number of rotatable bonds is 4. The second kappa shape index (κ2) is 6.44. The number of benzene rings is 1. The van der Waals surface area contributed by atoms with Crippen LogP contribution in [-0.4, -0.2) is 37.0 Å². The van der Waals surface area contributed by atoms with Crippen molar-refractivity contribution in [2.45, 2.75) is 25.8 Å². The molecule has 0 aliphatic heterocycles. The van der Waals surface area contributed by atoms with Gasteiger partial charge in [0.2, 0.25) is 0 Å². The molecular formula is C16H20N2O2. The summed E-state index contributed by atoms with van der Waals surface area (Å²) in [7, 11) is 1.59. The van der Waals surface area contributed by atoms with Crippen LogP contribution in [0.15, 0.2) is 18.2 Å². The summed E-state index contributed by atoms with van der Waals surface area (Å²) in [5.74, 6) is 6.47. The summed E-state index contributed by atoms with van der Waals surface area (Å²) in [4.78, 5) is 14.4. The summed E-state index contributed by atoms with van der Waals surface area (Å²) in [6.45, 7) is 3.03. The fourth-order valence-corrected chi connectivity index (χ4v) is 2.20. The van der Waals surface area contributed by atoms with E-state index in [4.69, 9.17) is 10.5 Å². The Balaban J connectivity index is 2.29. The van der Waals surface area contributed by atoms with Crippen molar-refractivity contribution in [3.63, 3.8) is 0 Å². The third-order valence-electron chi connectivity index (χ3n) is 3.36. The Labute approximate surface area is 119 Å². The molecule has 0 atom stereocenters. The van der Waals surface area contributed by atoms with Gasteiger partial charge in [-0.3, -0.25) is 4.79 Å². The smallest absolute Gasteiger partial charge is 0.254 e. The summed E-state index contributed by atoms with van der Waals surface area (Å²) in [6.07, 6.45) is 2.21. The van der Waals surface area contributed by atoms with E-state index < -0.39 is 0 Å². The highest BCUT2D eigenvalue weighted by molar-refractivity contribution is 5.95. The lowest BCUT2D eigenvalue weighted by molar-refractivity contribution is 0.0752. The van der Waals surface area contributed by atoms with E-state index >= 15 is 0 Å². The van der Waals surface area contributed by atoms with Crippen LogP contribution in [0.3, 0.4) is 0 Å². The van der Waals surface area contributed by atoms with Crippen molar-refractivity contribution < 1.29 is 9.53 Å². The predicted molar refractivity (Wildman–Crippen MR) is 78.7 cm³/mol. The summed E-state index contributed by atoms with van der Waals surface area (Å²) >= 11 is 0. The first-order chi connectivity index (χ1) is 9.71. The molecule has 0 radical (unpaired) electrons. The van der Waals surface area contributed by atoms with Gasteiger partial charge in [-0.25, -0.2) is 0 Å². The monoisotopic (exact) mass is 272 g/mol. The SMILES string of the molecule is CCN(C(=O)c1ccc(OC)c(C#CCN)c1)C1CC1. The van der Waals surface area contributed by atoms with E-state index in [2.05, 4.69) is 11.8 Å². The number of hydrogen-bond donors (Lipinski definition) is 1. The number of carbonyl (C=O) groups is 1. The van der Waals surface area contributed by atoms with E-state index in [1.54, 1.807) is 25.3 Å². The number of nitrogens with two attached hydrogens (primary N) is 1. The lowest BCUT2D eigenvalue weighted by Gasteiger charge is -2.20. The standard InChI is InChI=1S/C16H20N2O2/c1-3-18(14-7-8-14)16(19)13-6-9-15(20-2)12(11-13)5-4-10-17/h6,9,11,14H,3,7-8,10,17H2,1-2H3. The molecule has 4 nitrogen and oxygen atoms in total. The van der Waals surface area contributed by atoms with E-state index in [0.717, 1.165) is 19.4 Å². The second-order valence-corrected chi connectivity index (χ2v) is 4.74. The Kier molecular flexibility index (Phi) is 4.65. The Bertz CT molecular complexity index is 553. The van der Waals surface area contributed by atoms with Gasteiger partial charge in [0.05, 0.1) is 19.2 Å². The molecular weight excluding hydrogens is 252 g/mol. The molecule has 106 valence electrons. The normalized spacial score (nSPS) is 13.3. The van der Waals surface area contributed by atoms with Gasteiger partial charge in [0, 0.05) is 18.2 Å². The zero-order chi connectivity index (χ0) is 14.5. The minimum atomic E-state index is 0.0634. The molecule has 1 aromatic rings. The lowest BCUT2D eigenvalue weighted by Crippen LogP contribution is -2.32. The highest BCUT2D eigenvalue weighted by Gasteiger charge is 2.31. The molecule has 1 aromatic carbocycles. The number of ether oxygens (including phenoxy) is 1. The Morgan fingerprint density at radius 1 is 1.50 bits per heavy atom. The van der Waals surface area contributed by atoms with E-state index in [-0.39, 0.29) is 12.5 Å². The minimum Gasteiger partial charge on any atom is -0.495 e. The summed E-state index contributed by atoms with van der Waals surface area (Å²) in [5, 5.41) is 0. The summed E-state index contributed by atoms with van der Waals surface area (Å²) < 4.78 is 5.26. The van der Waals surface area contributed by atoms with Gasteiger partial charge in [-0.1, -0.05) is 11.8 Å². The van der Waals surface area contributed by atoms with Gasteiger partial charge >= 0.3 is 0 Å². The molecule has 1 aliphatic rings. The van der Waals surface area contributed by atoms with Gasteiger partial charge in [0.15, 0.2) is 0 Å². The van der Waals surface area contributed by atoms with Crippen molar-refractivity contribution in [1.82, 2.24) is 4.90 Å². The largest absolute Gasteiger partial charge is 0.495 e. The molecule has 20 heavy (non-hydrogen) atoms. The molecule has 2 rings (SSSR count). The molecule has 1 aliphatic carbocycles. The maximum atomic E-state index is 12.5.